The monoisotopic (exact) mass is 863 g/mol. The first-order chi connectivity index (χ1) is 29.8. The van der Waals surface area contributed by atoms with E-state index in [1.807, 2.05) is 0 Å². The lowest BCUT2D eigenvalue weighted by atomic mass is 9.99. The molecule has 0 saturated carbocycles. The summed E-state index contributed by atoms with van der Waals surface area (Å²) in [5.41, 5.74) is 0. The zero-order valence-electron chi connectivity index (χ0n) is 38.7. The van der Waals surface area contributed by atoms with Crippen LogP contribution in [0.1, 0.15) is 206 Å². The van der Waals surface area contributed by atoms with Gasteiger partial charge in [0.2, 0.25) is 0 Å². The van der Waals surface area contributed by atoms with Gasteiger partial charge in [0, 0.05) is 12.8 Å². The highest BCUT2D eigenvalue weighted by atomic mass is 16.7. The molecule has 0 aromatic heterocycles. The summed E-state index contributed by atoms with van der Waals surface area (Å²) in [5, 5.41) is 40.1. The molecule has 1 aliphatic rings. The predicted molar refractivity (Wildman–Crippen MR) is 247 cm³/mol. The number of hydrogen-bond donors (Lipinski definition) is 4. The Morgan fingerprint density at radius 3 is 1.46 bits per heavy atom. The van der Waals surface area contributed by atoms with Gasteiger partial charge in [0.15, 0.2) is 12.4 Å². The first kappa shape index (κ1) is 56.7. The summed E-state index contributed by atoms with van der Waals surface area (Å²) < 4.78 is 22.2. The first-order valence-electron chi connectivity index (χ1n) is 24.7. The van der Waals surface area contributed by atoms with E-state index in [4.69, 9.17) is 18.9 Å². The second-order valence-electron chi connectivity index (χ2n) is 16.9. The van der Waals surface area contributed by atoms with Crippen molar-refractivity contribution >= 4 is 11.9 Å². The van der Waals surface area contributed by atoms with Crippen LogP contribution in [0, 0.1) is 0 Å². The number of allylic oxidation sites excluding steroid dienone is 8. The lowest BCUT2D eigenvalue weighted by Gasteiger charge is -2.39. The smallest absolute Gasteiger partial charge is 0.306 e. The third-order valence-corrected chi connectivity index (χ3v) is 11.2. The minimum atomic E-state index is -1.60. The molecule has 0 radical (unpaired) electrons. The van der Waals surface area contributed by atoms with Crippen molar-refractivity contribution in [1.29, 1.82) is 0 Å². The summed E-state index contributed by atoms with van der Waals surface area (Å²) in [4.78, 5) is 25.4. The predicted octanol–water partition coefficient (Wildman–Crippen LogP) is 11.2. The Bertz CT molecular complexity index is 1130. The summed E-state index contributed by atoms with van der Waals surface area (Å²) >= 11 is 0. The van der Waals surface area contributed by atoms with E-state index in [-0.39, 0.29) is 26.1 Å². The van der Waals surface area contributed by atoms with Crippen molar-refractivity contribution in [2.75, 3.05) is 19.8 Å². The number of unbranched alkanes of at least 4 members (excludes halogenated alkanes) is 22. The molecule has 1 aliphatic heterocycles. The van der Waals surface area contributed by atoms with E-state index in [9.17, 15) is 30.0 Å². The maximum Gasteiger partial charge on any atom is 0.306 e. The summed E-state index contributed by atoms with van der Waals surface area (Å²) in [6.07, 6.45) is 42.7. The molecule has 1 fully saturated rings. The maximum absolute atomic E-state index is 12.8. The van der Waals surface area contributed by atoms with Gasteiger partial charge in [-0.2, -0.15) is 0 Å². The van der Waals surface area contributed by atoms with Crippen LogP contribution in [0.3, 0.4) is 0 Å². The molecule has 61 heavy (non-hydrogen) atoms. The fraction of sp³-hybridized carbons (Fsp3) is 0.804. The lowest BCUT2D eigenvalue weighted by Crippen LogP contribution is -2.59. The fourth-order valence-electron chi connectivity index (χ4n) is 7.36. The molecule has 1 saturated heterocycles. The maximum atomic E-state index is 12.8. The molecule has 0 aliphatic carbocycles. The Balaban J connectivity index is 2.28. The number of hydrogen-bond acceptors (Lipinski definition) is 10. The van der Waals surface area contributed by atoms with Crippen LogP contribution in [0.15, 0.2) is 48.6 Å². The van der Waals surface area contributed by atoms with Crippen LogP contribution in [0.5, 0.6) is 0 Å². The molecule has 6 atom stereocenters. The van der Waals surface area contributed by atoms with Gasteiger partial charge in [-0.25, -0.2) is 0 Å². The van der Waals surface area contributed by atoms with Crippen molar-refractivity contribution in [3.8, 4) is 0 Å². The molecule has 2 unspecified atom stereocenters. The molecule has 4 N–H and O–H groups in total. The van der Waals surface area contributed by atoms with Crippen LogP contribution in [-0.2, 0) is 28.5 Å². The number of esters is 2. The Morgan fingerprint density at radius 1 is 0.525 bits per heavy atom. The van der Waals surface area contributed by atoms with E-state index in [0.717, 1.165) is 57.8 Å². The number of carbonyl (C=O) groups is 2. The van der Waals surface area contributed by atoms with Gasteiger partial charge in [-0.05, 0) is 51.4 Å². The van der Waals surface area contributed by atoms with E-state index in [1.165, 1.54) is 109 Å². The molecule has 10 heteroatoms. The summed E-state index contributed by atoms with van der Waals surface area (Å²) in [6, 6.07) is 0. The molecule has 10 nitrogen and oxygen atoms in total. The van der Waals surface area contributed by atoms with Crippen molar-refractivity contribution in [2.24, 2.45) is 0 Å². The topological polar surface area (TPSA) is 152 Å². The van der Waals surface area contributed by atoms with Gasteiger partial charge < -0.3 is 39.4 Å². The first-order valence-corrected chi connectivity index (χ1v) is 24.7. The lowest BCUT2D eigenvalue weighted by molar-refractivity contribution is -0.305. The normalized spacial score (nSPS) is 20.1. The molecular weight excluding hydrogens is 773 g/mol. The average Bonchev–Trinajstić information content (AvgIpc) is 3.26. The van der Waals surface area contributed by atoms with Crippen molar-refractivity contribution in [3.05, 3.63) is 48.6 Å². The summed E-state index contributed by atoms with van der Waals surface area (Å²) in [7, 11) is 0. The molecule has 354 valence electrons. The van der Waals surface area contributed by atoms with E-state index in [1.54, 1.807) is 0 Å². The zero-order chi connectivity index (χ0) is 44.4. The van der Waals surface area contributed by atoms with Crippen LogP contribution < -0.4 is 0 Å². The molecule has 0 bridgehead atoms. The van der Waals surface area contributed by atoms with Crippen molar-refractivity contribution in [1.82, 2.24) is 0 Å². The third-order valence-electron chi connectivity index (χ3n) is 11.2. The standard InChI is InChI=1S/C51H90O10/c1-3-5-7-9-11-13-15-17-19-20-21-22-23-24-26-28-30-32-34-36-38-40-47(54)60-44(43-59-51-50(57)49(56)48(55)45(41-52)61-51)42-58-46(53)39-37-35-33-31-29-27-25-18-16-14-12-10-8-6-4-2/h6,8,12,14,18,25,29,31,44-45,48-52,55-57H,3-5,7,9-11,13,15-17,19-24,26-28,30,32-43H2,1-2H3/b8-6+,14-12+,25-18+,31-29+/t44-,45-,48+,49?,50?,51-/m1/s1. The van der Waals surface area contributed by atoms with E-state index in [2.05, 4.69) is 62.5 Å². The van der Waals surface area contributed by atoms with Crippen LogP contribution >= 0.6 is 0 Å². The van der Waals surface area contributed by atoms with Gasteiger partial charge >= 0.3 is 11.9 Å². The van der Waals surface area contributed by atoms with Gasteiger partial charge in [0.25, 0.3) is 0 Å². The summed E-state index contributed by atoms with van der Waals surface area (Å²) in [6.45, 7) is 3.29. The van der Waals surface area contributed by atoms with Gasteiger partial charge in [-0.15, -0.1) is 0 Å². The number of aliphatic hydroxyl groups excluding tert-OH is 4. The Morgan fingerprint density at radius 2 is 0.967 bits per heavy atom. The molecule has 1 heterocycles. The number of carbonyl (C=O) groups excluding carboxylic acids is 2. The third kappa shape index (κ3) is 32.9. The van der Waals surface area contributed by atoms with Crippen LogP contribution in [-0.4, -0.2) is 89.0 Å². The molecule has 1 rings (SSSR count). The van der Waals surface area contributed by atoms with Crippen LogP contribution in [0.25, 0.3) is 0 Å². The molecule has 0 aromatic rings. The molecule has 0 aromatic carbocycles. The van der Waals surface area contributed by atoms with Crippen molar-refractivity contribution in [3.63, 3.8) is 0 Å². The quantitative estimate of drug-likeness (QED) is 0.0265. The highest BCUT2D eigenvalue weighted by Crippen LogP contribution is 2.23. The largest absolute Gasteiger partial charge is 0.462 e. The Kier molecular flexibility index (Phi) is 38.7. The van der Waals surface area contributed by atoms with Crippen LogP contribution in [0.4, 0.5) is 0 Å². The SMILES string of the molecule is CC/C=C/C/C=C/C/C=C/C/C=C/CCCCC(=O)OC[C@H](CO[C@@H]1O[C@H](CO)[C@H](O)C(O)C1O)OC(=O)CCCCCCCCCCCCCCCCCCCCCCC. The van der Waals surface area contributed by atoms with Gasteiger partial charge in [-0.1, -0.05) is 191 Å². The van der Waals surface area contributed by atoms with Crippen LogP contribution in [0.2, 0.25) is 0 Å². The van der Waals surface area contributed by atoms with Crippen molar-refractivity contribution < 1.29 is 49.0 Å². The van der Waals surface area contributed by atoms with E-state index < -0.39 is 55.4 Å². The van der Waals surface area contributed by atoms with Gasteiger partial charge in [0.05, 0.1) is 13.2 Å². The highest BCUT2D eigenvalue weighted by molar-refractivity contribution is 5.70. The van der Waals surface area contributed by atoms with E-state index >= 15 is 0 Å². The minimum Gasteiger partial charge on any atom is -0.462 e. The second-order valence-corrected chi connectivity index (χ2v) is 16.9. The Hall–Kier alpha value is -2.34. The van der Waals surface area contributed by atoms with Gasteiger partial charge in [0.1, 0.15) is 31.0 Å². The molecule has 0 amide bonds. The number of aliphatic hydroxyl groups is 4. The Labute approximate surface area is 371 Å². The second kappa shape index (κ2) is 41.7. The fourth-order valence-corrected chi connectivity index (χ4v) is 7.36. The molecule has 0 spiro atoms. The number of ether oxygens (including phenoxy) is 4. The van der Waals surface area contributed by atoms with Gasteiger partial charge in [-0.3, -0.25) is 9.59 Å². The zero-order valence-corrected chi connectivity index (χ0v) is 38.7. The minimum absolute atomic E-state index is 0.223. The molecular formula is C51H90O10. The van der Waals surface area contributed by atoms with Crippen molar-refractivity contribution in [2.45, 2.75) is 243 Å². The highest BCUT2D eigenvalue weighted by Gasteiger charge is 2.44. The average molecular weight is 863 g/mol. The summed E-state index contributed by atoms with van der Waals surface area (Å²) in [5.74, 6) is -0.849. The van der Waals surface area contributed by atoms with E-state index in [0.29, 0.717) is 12.8 Å². The number of rotatable bonds is 41.